The summed E-state index contributed by atoms with van der Waals surface area (Å²) in [6.07, 6.45) is 7.07. The molecule has 3 rings (SSSR count). The van der Waals surface area contributed by atoms with Crippen molar-refractivity contribution in [1.29, 1.82) is 0 Å². The first-order chi connectivity index (χ1) is 15.2. The van der Waals surface area contributed by atoms with Crippen LogP contribution < -0.4 is 5.32 Å². The van der Waals surface area contributed by atoms with E-state index in [9.17, 15) is 0 Å². The average molecular weight is 448 g/mol. The van der Waals surface area contributed by atoms with E-state index in [0.29, 0.717) is 12.6 Å². The van der Waals surface area contributed by atoms with Crippen molar-refractivity contribution in [2.24, 2.45) is 4.99 Å². The number of hydrogen-bond donors (Lipinski definition) is 1. The molecule has 2 heterocycles. The van der Waals surface area contributed by atoms with E-state index in [2.05, 4.69) is 22.2 Å². The number of aromatic nitrogens is 2. The fourth-order valence-electron chi connectivity index (χ4n) is 3.78. The summed E-state index contributed by atoms with van der Waals surface area (Å²) in [4.78, 5) is 7.32. The van der Waals surface area contributed by atoms with Crippen molar-refractivity contribution < 1.29 is 9.47 Å². The molecule has 1 saturated heterocycles. The highest BCUT2D eigenvalue weighted by molar-refractivity contribution is 6.30. The number of ether oxygens (including phenoxy) is 2. The molecule has 1 unspecified atom stereocenters. The molecule has 8 heteroatoms. The second-order valence-corrected chi connectivity index (χ2v) is 8.09. The Labute approximate surface area is 190 Å². The van der Waals surface area contributed by atoms with E-state index in [1.54, 1.807) is 13.3 Å². The van der Waals surface area contributed by atoms with Crippen molar-refractivity contribution in [1.82, 2.24) is 20.0 Å². The Hall–Kier alpha value is -2.09. The smallest absolute Gasteiger partial charge is 0.194 e. The minimum absolute atomic E-state index is 0.0163. The topological polar surface area (TPSA) is 63.9 Å². The SMILES string of the molecule is CCNC(=NCC(c1ccc(Cl)cc1)n1cccn1)N1CCC(OCCCOC)CC1. The Morgan fingerprint density at radius 3 is 2.68 bits per heavy atom. The predicted octanol–water partition coefficient (Wildman–Crippen LogP) is 3.61. The van der Waals surface area contributed by atoms with Gasteiger partial charge in [-0.2, -0.15) is 5.10 Å². The van der Waals surface area contributed by atoms with Gasteiger partial charge in [-0.1, -0.05) is 23.7 Å². The van der Waals surface area contributed by atoms with Crippen LogP contribution >= 0.6 is 11.6 Å². The average Bonchev–Trinajstić information content (AvgIpc) is 3.32. The van der Waals surface area contributed by atoms with Crippen LogP contribution in [0.3, 0.4) is 0 Å². The van der Waals surface area contributed by atoms with E-state index < -0.39 is 0 Å². The van der Waals surface area contributed by atoms with Gasteiger partial charge >= 0.3 is 0 Å². The molecule has 2 aromatic rings. The van der Waals surface area contributed by atoms with E-state index in [4.69, 9.17) is 26.1 Å². The van der Waals surface area contributed by atoms with Gasteiger partial charge < -0.3 is 19.7 Å². The summed E-state index contributed by atoms with van der Waals surface area (Å²) in [6.45, 7) is 6.92. The third-order valence-electron chi connectivity index (χ3n) is 5.44. The van der Waals surface area contributed by atoms with Crippen molar-refractivity contribution in [3.63, 3.8) is 0 Å². The normalized spacial score (nSPS) is 16.5. The van der Waals surface area contributed by atoms with Crippen molar-refractivity contribution in [2.75, 3.05) is 46.5 Å². The molecule has 0 saturated carbocycles. The maximum Gasteiger partial charge on any atom is 0.194 e. The number of aliphatic imine (C=N–C) groups is 1. The zero-order valence-corrected chi connectivity index (χ0v) is 19.3. The fraction of sp³-hybridized carbons (Fsp3) is 0.565. The Morgan fingerprint density at radius 1 is 1.26 bits per heavy atom. The lowest BCUT2D eigenvalue weighted by Crippen LogP contribution is -2.47. The van der Waals surface area contributed by atoms with Gasteiger partial charge in [0.2, 0.25) is 0 Å². The first-order valence-electron chi connectivity index (χ1n) is 11.1. The van der Waals surface area contributed by atoms with Gasteiger partial charge in [-0.25, -0.2) is 0 Å². The molecule has 1 aliphatic rings. The second kappa shape index (κ2) is 12.7. The summed E-state index contributed by atoms with van der Waals surface area (Å²) in [5.41, 5.74) is 1.14. The lowest BCUT2D eigenvalue weighted by Gasteiger charge is -2.34. The highest BCUT2D eigenvalue weighted by Gasteiger charge is 2.22. The van der Waals surface area contributed by atoms with E-state index in [0.717, 1.165) is 68.7 Å². The standard InChI is InChI=1S/C23H34ClN5O2/c1-3-25-23(28-14-10-21(11-15-28)31-17-5-16-30-2)26-18-22(29-13-4-12-27-29)19-6-8-20(24)9-7-19/h4,6-9,12-13,21-22H,3,5,10-11,14-18H2,1-2H3,(H,25,26). The van der Waals surface area contributed by atoms with Gasteiger partial charge in [0.15, 0.2) is 5.96 Å². The minimum Gasteiger partial charge on any atom is -0.385 e. The zero-order valence-electron chi connectivity index (χ0n) is 18.5. The Balaban J connectivity index is 1.63. The van der Waals surface area contributed by atoms with Crippen LogP contribution in [0.15, 0.2) is 47.7 Å². The molecule has 1 aromatic heterocycles. The Bertz CT molecular complexity index is 774. The van der Waals surface area contributed by atoms with Crippen LogP contribution in [-0.4, -0.2) is 73.2 Å². The lowest BCUT2D eigenvalue weighted by molar-refractivity contribution is 0.00990. The number of halogens is 1. The minimum atomic E-state index is 0.0163. The van der Waals surface area contributed by atoms with Crippen molar-refractivity contribution in [2.45, 2.75) is 38.3 Å². The quantitative estimate of drug-likeness (QED) is 0.342. The number of guanidine groups is 1. The Morgan fingerprint density at radius 2 is 2.03 bits per heavy atom. The third kappa shape index (κ3) is 7.23. The summed E-state index contributed by atoms with van der Waals surface area (Å²) in [6, 6.07) is 9.88. The summed E-state index contributed by atoms with van der Waals surface area (Å²) in [7, 11) is 1.73. The first kappa shape index (κ1) is 23.6. The van der Waals surface area contributed by atoms with Gasteiger partial charge in [-0.15, -0.1) is 0 Å². The van der Waals surface area contributed by atoms with Crippen LogP contribution in [0, 0.1) is 0 Å². The maximum absolute atomic E-state index is 6.09. The van der Waals surface area contributed by atoms with Gasteiger partial charge in [-0.3, -0.25) is 9.67 Å². The molecular formula is C23H34ClN5O2. The molecule has 0 aliphatic carbocycles. The molecule has 7 nitrogen and oxygen atoms in total. The molecule has 1 aliphatic heterocycles. The number of likely N-dealkylation sites (tertiary alicyclic amines) is 1. The van der Waals surface area contributed by atoms with Crippen LogP contribution in [-0.2, 0) is 9.47 Å². The number of piperidine rings is 1. The van der Waals surface area contributed by atoms with Crippen LogP contribution in [0.2, 0.25) is 5.02 Å². The molecule has 0 radical (unpaired) electrons. The van der Waals surface area contributed by atoms with Crippen molar-refractivity contribution >= 4 is 17.6 Å². The number of methoxy groups -OCH3 is 1. The maximum atomic E-state index is 6.09. The molecule has 0 spiro atoms. The number of rotatable bonds is 10. The summed E-state index contributed by atoms with van der Waals surface area (Å²) >= 11 is 6.09. The van der Waals surface area contributed by atoms with E-state index in [1.807, 2.05) is 41.2 Å². The number of nitrogens with zero attached hydrogens (tertiary/aromatic N) is 4. The van der Waals surface area contributed by atoms with Crippen LogP contribution in [0.1, 0.15) is 37.8 Å². The van der Waals surface area contributed by atoms with Crippen LogP contribution in [0.4, 0.5) is 0 Å². The van der Waals surface area contributed by atoms with E-state index in [1.165, 1.54) is 0 Å². The number of nitrogens with one attached hydrogen (secondary N) is 1. The van der Waals surface area contributed by atoms with E-state index in [-0.39, 0.29) is 6.04 Å². The van der Waals surface area contributed by atoms with Crippen LogP contribution in [0.5, 0.6) is 0 Å². The molecule has 170 valence electrons. The fourth-order valence-corrected chi connectivity index (χ4v) is 3.90. The van der Waals surface area contributed by atoms with Crippen molar-refractivity contribution in [3.8, 4) is 0 Å². The summed E-state index contributed by atoms with van der Waals surface area (Å²) < 4.78 is 13.0. The molecule has 0 amide bonds. The lowest BCUT2D eigenvalue weighted by atomic mass is 10.1. The molecule has 1 fully saturated rings. The third-order valence-corrected chi connectivity index (χ3v) is 5.69. The molecular weight excluding hydrogens is 414 g/mol. The number of benzene rings is 1. The summed E-state index contributed by atoms with van der Waals surface area (Å²) in [5, 5.41) is 8.64. The summed E-state index contributed by atoms with van der Waals surface area (Å²) in [5.74, 6) is 0.950. The zero-order chi connectivity index (χ0) is 21.9. The molecule has 0 bridgehead atoms. The predicted molar refractivity (Wildman–Crippen MR) is 125 cm³/mol. The Kier molecular flexibility index (Phi) is 9.65. The molecule has 31 heavy (non-hydrogen) atoms. The van der Waals surface area contributed by atoms with Gasteiger partial charge in [0, 0.05) is 57.4 Å². The molecule has 1 atom stereocenters. The van der Waals surface area contributed by atoms with Gasteiger partial charge in [0.05, 0.1) is 18.7 Å². The molecule has 1 aromatic carbocycles. The van der Waals surface area contributed by atoms with Crippen molar-refractivity contribution in [3.05, 3.63) is 53.3 Å². The first-order valence-corrected chi connectivity index (χ1v) is 11.5. The van der Waals surface area contributed by atoms with Gasteiger partial charge in [0.1, 0.15) is 0 Å². The van der Waals surface area contributed by atoms with Gasteiger partial charge in [-0.05, 0) is 49.9 Å². The monoisotopic (exact) mass is 447 g/mol. The highest BCUT2D eigenvalue weighted by atomic mass is 35.5. The number of hydrogen-bond acceptors (Lipinski definition) is 4. The van der Waals surface area contributed by atoms with Crippen LogP contribution in [0.25, 0.3) is 0 Å². The second-order valence-electron chi connectivity index (χ2n) is 7.65. The highest BCUT2D eigenvalue weighted by Crippen LogP contribution is 2.21. The largest absolute Gasteiger partial charge is 0.385 e. The molecule has 1 N–H and O–H groups in total. The van der Waals surface area contributed by atoms with E-state index >= 15 is 0 Å². The van der Waals surface area contributed by atoms with Gasteiger partial charge in [0.25, 0.3) is 0 Å².